The van der Waals surface area contributed by atoms with Crippen molar-refractivity contribution in [2.45, 2.75) is 18.4 Å². The highest BCUT2D eigenvalue weighted by molar-refractivity contribution is 7.90. The van der Waals surface area contributed by atoms with Crippen molar-refractivity contribution in [1.82, 2.24) is 9.29 Å². The maximum absolute atomic E-state index is 12.7. The Bertz CT molecular complexity index is 880. The number of hydrogen-bond donors (Lipinski definition) is 1. The fraction of sp³-hybridized carbons (Fsp3) is 0.200. The first-order valence-corrected chi connectivity index (χ1v) is 8.31. The second kappa shape index (κ2) is 5.54. The van der Waals surface area contributed by atoms with E-state index in [1.165, 1.54) is 13.2 Å². The largest absolute Gasteiger partial charge is 0.495 e. The van der Waals surface area contributed by atoms with Gasteiger partial charge in [-0.15, -0.1) is 0 Å². The lowest BCUT2D eigenvalue weighted by atomic mass is 10.3. The summed E-state index contributed by atoms with van der Waals surface area (Å²) < 4.78 is 31.4. The summed E-state index contributed by atoms with van der Waals surface area (Å²) in [7, 11) is -2.47. The molecule has 0 saturated carbocycles. The molecule has 3 rings (SSSR count). The van der Waals surface area contributed by atoms with Crippen LogP contribution < -0.4 is 10.1 Å². The molecule has 23 heavy (non-hydrogen) atoms. The van der Waals surface area contributed by atoms with E-state index in [9.17, 15) is 13.2 Å². The first kappa shape index (κ1) is 15.3. The number of carbonyl (C=O) groups is 1. The number of carbonyl (C=O) groups excluding carboxylic acids is 1. The molecule has 0 unspecified atom stereocenters. The molecule has 0 fully saturated rings. The fourth-order valence-corrected chi connectivity index (χ4v) is 3.83. The number of fused-ring (bicyclic) bond motifs is 1. The number of nitrogens with zero attached hydrogens (tertiary/aromatic N) is 2. The fourth-order valence-electron chi connectivity index (χ4n) is 2.39. The number of benzene rings is 1. The highest BCUT2D eigenvalue weighted by atomic mass is 32.2. The molecule has 7 nitrogen and oxygen atoms in total. The number of aromatic nitrogens is 1. The van der Waals surface area contributed by atoms with Crippen LogP contribution in [0.15, 0.2) is 41.3 Å². The van der Waals surface area contributed by atoms with E-state index in [0.717, 1.165) is 4.31 Å². The normalized spacial score (nSPS) is 15.7. The number of sulfonamides is 1. The third-order valence-corrected chi connectivity index (χ3v) is 5.30. The maximum atomic E-state index is 12.7. The van der Waals surface area contributed by atoms with Crippen LogP contribution >= 0.6 is 0 Å². The van der Waals surface area contributed by atoms with Crippen molar-refractivity contribution in [1.29, 1.82) is 0 Å². The summed E-state index contributed by atoms with van der Waals surface area (Å²) in [5.74, 6) is 0.428. The smallest absolute Gasteiger partial charge is 0.336 e. The molecule has 8 heteroatoms. The Kier molecular flexibility index (Phi) is 3.69. The number of hydrogen-bond acceptors (Lipinski definition) is 5. The molecule has 120 valence electrons. The van der Waals surface area contributed by atoms with E-state index in [4.69, 9.17) is 4.74 Å². The summed E-state index contributed by atoms with van der Waals surface area (Å²) >= 11 is 0. The van der Waals surface area contributed by atoms with Gasteiger partial charge in [0.05, 0.1) is 19.3 Å². The van der Waals surface area contributed by atoms with Gasteiger partial charge in [-0.2, -0.15) is 0 Å². The molecule has 1 aromatic heterocycles. The predicted octanol–water partition coefficient (Wildman–Crippen LogP) is 2.14. The molecule has 2 amide bonds. The maximum Gasteiger partial charge on any atom is 0.336 e. The Morgan fingerprint density at radius 1 is 1.22 bits per heavy atom. The molecule has 0 aliphatic carbocycles. The van der Waals surface area contributed by atoms with Crippen LogP contribution in [-0.4, -0.2) is 30.8 Å². The minimum atomic E-state index is -3.94. The zero-order chi connectivity index (χ0) is 16.6. The van der Waals surface area contributed by atoms with Gasteiger partial charge >= 0.3 is 6.03 Å². The number of para-hydroxylation sites is 1. The lowest BCUT2D eigenvalue weighted by Gasteiger charge is -2.28. The number of pyridine rings is 1. The number of amides is 2. The van der Waals surface area contributed by atoms with Gasteiger partial charge in [0.2, 0.25) is 0 Å². The number of methoxy groups -OCH3 is 1. The number of urea groups is 1. The molecule has 1 N–H and O–H groups in total. The molecule has 0 spiro atoms. The topological polar surface area (TPSA) is 88.6 Å². The molecular weight excluding hydrogens is 318 g/mol. The van der Waals surface area contributed by atoms with E-state index in [1.807, 2.05) is 0 Å². The predicted molar refractivity (Wildman–Crippen MR) is 83.7 cm³/mol. The van der Waals surface area contributed by atoms with Gasteiger partial charge < -0.3 is 10.1 Å². The summed E-state index contributed by atoms with van der Waals surface area (Å²) in [6.07, 6.45) is 0. The van der Waals surface area contributed by atoms with Crippen LogP contribution in [-0.2, 0) is 16.6 Å². The van der Waals surface area contributed by atoms with E-state index in [-0.39, 0.29) is 17.1 Å². The molecule has 2 aromatic rings. The van der Waals surface area contributed by atoms with Crippen LogP contribution in [0, 0.1) is 6.92 Å². The minimum Gasteiger partial charge on any atom is -0.495 e. The molecule has 1 aliphatic heterocycles. The second-order valence-corrected chi connectivity index (χ2v) is 6.87. The molecule has 0 atom stereocenters. The second-order valence-electron chi connectivity index (χ2n) is 5.04. The average molecular weight is 333 g/mol. The van der Waals surface area contributed by atoms with Gasteiger partial charge in [0.1, 0.15) is 16.3 Å². The van der Waals surface area contributed by atoms with Crippen LogP contribution in [0.25, 0.3) is 0 Å². The summed E-state index contributed by atoms with van der Waals surface area (Å²) in [6, 6.07) is 9.01. The molecule has 2 heterocycles. The standard InChI is InChI=1S/C15H15N3O4S/c1-10-7-8-13(22-2)12(16-10)9-18-15(19)17-11-5-3-4-6-14(11)23(18,20)21/h3-8H,9H2,1-2H3,(H,17,19). The molecule has 0 radical (unpaired) electrons. The van der Waals surface area contributed by atoms with Crippen molar-refractivity contribution in [3.63, 3.8) is 0 Å². The monoisotopic (exact) mass is 333 g/mol. The highest BCUT2D eigenvalue weighted by Gasteiger charge is 2.37. The molecule has 1 aromatic carbocycles. The van der Waals surface area contributed by atoms with Crippen LogP contribution in [0.2, 0.25) is 0 Å². The van der Waals surface area contributed by atoms with E-state index >= 15 is 0 Å². The average Bonchev–Trinajstić information content (AvgIpc) is 2.52. The molecule has 0 bridgehead atoms. The number of nitrogens with one attached hydrogen (secondary N) is 1. The molecule has 1 aliphatic rings. The highest BCUT2D eigenvalue weighted by Crippen LogP contribution is 2.31. The van der Waals surface area contributed by atoms with Crippen LogP contribution in [0.4, 0.5) is 10.5 Å². The van der Waals surface area contributed by atoms with Crippen LogP contribution in [0.5, 0.6) is 5.75 Å². The Morgan fingerprint density at radius 2 is 1.96 bits per heavy atom. The van der Waals surface area contributed by atoms with Crippen molar-refractivity contribution in [2.75, 3.05) is 12.4 Å². The number of aryl methyl sites for hydroxylation is 1. The third kappa shape index (κ3) is 2.61. The van der Waals surface area contributed by atoms with Gasteiger partial charge in [-0.05, 0) is 31.2 Å². The van der Waals surface area contributed by atoms with Crippen LogP contribution in [0.3, 0.4) is 0 Å². The number of rotatable bonds is 3. The summed E-state index contributed by atoms with van der Waals surface area (Å²) in [5, 5.41) is 2.58. The van der Waals surface area contributed by atoms with Gasteiger partial charge in [0.25, 0.3) is 10.0 Å². The zero-order valence-corrected chi connectivity index (χ0v) is 13.4. The first-order chi connectivity index (χ1) is 10.9. The SMILES string of the molecule is COc1ccc(C)nc1CN1C(=O)Nc2ccccc2S1(=O)=O. The van der Waals surface area contributed by atoms with Gasteiger partial charge in [0, 0.05) is 5.69 Å². The zero-order valence-electron chi connectivity index (χ0n) is 12.6. The quantitative estimate of drug-likeness (QED) is 0.929. The van der Waals surface area contributed by atoms with Crippen molar-refractivity contribution in [3.05, 3.63) is 47.8 Å². The van der Waals surface area contributed by atoms with Gasteiger partial charge in [-0.25, -0.2) is 17.5 Å². The Morgan fingerprint density at radius 3 is 2.70 bits per heavy atom. The first-order valence-electron chi connectivity index (χ1n) is 6.87. The van der Waals surface area contributed by atoms with Crippen molar-refractivity contribution in [2.24, 2.45) is 0 Å². The Labute approximate surface area is 134 Å². The lowest BCUT2D eigenvalue weighted by Crippen LogP contribution is -2.43. The minimum absolute atomic E-state index is 0.0613. The number of anilines is 1. The van der Waals surface area contributed by atoms with E-state index < -0.39 is 16.1 Å². The summed E-state index contributed by atoms with van der Waals surface area (Å²) in [6.45, 7) is 1.58. The van der Waals surface area contributed by atoms with E-state index in [0.29, 0.717) is 17.1 Å². The molecule has 0 saturated heterocycles. The van der Waals surface area contributed by atoms with Gasteiger partial charge in [0.15, 0.2) is 0 Å². The van der Waals surface area contributed by atoms with Gasteiger partial charge in [-0.1, -0.05) is 12.1 Å². The Balaban J connectivity index is 2.04. The molecular formula is C15H15N3O4S. The van der Waals surface area contributed by atoms with Crippen molar-refractivity contribution < 1.29 is 17.9 Å². The summed E-state index contributed by atoms with van der Waals surface area (Å²) in [5.41, 5.74) is 1.36. The Hall–Kier alpha value is -2.61. The van der Waals surface area contributed by atoms with E-state index in [1.54, 1.807) is 37.3 Å². The van der Waals surface area contributed by atoms with Gasteiger partial charge in [-0.3, -0.25) is 4.98 Å². The summed E-state index contributed by atoms with van der Waals surface area (Å²) in [4.78, 5) is 16.6. The third-order valence-electron chi connectivity index (χ3n) is 3.51. The van der Waals surface area contributed by atoms with E-state index in [2.05, 4.69) is 10.3 Å². The number of ether oxygens (including phenoxy) is 1. The van der Waals surface area contributed by atoms with Crippen molar-refractivity contribution in [3.8, 4) is 5.75 Å². The lowest BCUT2D eigenvalue weighted by molar-refractivity contribution is 0.233. The van der Waals surface area contributed by atoms with Crippen LogP contribution in [0.1, 0.15) is 11.4 Å². The van der Waals surface area contributed by atoms with Crippen molar-refractivity contribution >= 4 is 21.7 Å².